The Morgan fingerprint density at radius 1 is 1.00 bits per heavy atom. The molecule has 1 aliphatic heterocycles. The van der Waals surface area contributed by atoms with Gasteiger partial charge in [-0.2, -0.15) is 0 Å². The average Bonchev–Trinajstić information content (AvgIpc) is 3.54. The molecule has 4 aliphatic rings. The standard InChI is InChI=1S/C32H34F2N4O3/c1-19-29(20(2)41-36-19)21-7-10-26-25(17-21)35-30(38(26)31-11-14-32(40-3,15-12-31)16-13-31)27-5-4-6-28(39)37(27)22-8-9-23(33)24(34)18-22/h7-10,17-18,27H,4-6,11-16H2,1-3H3. The highest BCUT2D eigenvalue weighted by molar-refractivity contribution is 5.95. The Kier molecular flexibility index (Phi) is 6.08. The molecule has 0 radical (unpaired) electrons. The van der Waals surface area contributed by atoms with Crippen LogP contribution in [0.15, 0.2) is 40.9 Å². The molecular formula is C32H34F2N4O3. The van der Waals surface area contributed by atoms with Gasteiger partial charge in [0.05, 0.1) is 28.4 Å². The van der Waals surface area contributed by atoms with Crippen molar-refractivity contribution in [3.63, 3.8) is 0 Å². The summed E-state index contributed by atoms with van der Waals surface area (Å²) in [6, 6.07) is 9.61. The lowest BCUT2D eigenvalue weighted by atomic mass is 9.62. The molecule has 9 heteroatoms. The molecule has 3 aliphatic carbocycles. The third-order valence-corrected chi connectivity index (χ3v) is 9.98. The minimum Gasteiger partial charge on any atom is -0.378 e. The fraction of sp³-hybridized carbons (Fsp3) is 0.469. The highest BCUT2D eigenvalue weighted by atomic mass is 19.2. The van der Waals surface area contributed by atoms with Crippen LogP contribution in [0.1, 0.15) is 81.1 Å². The third kappa shape index (κ3) is 4.03. The summed E-state index contributed by atoms with van der Waals surface area (Å²) in [5, 5.41) is 4.14. The lowest BCUT2D eigenvalue weighted by Gasteiger charge is -2.54. The predicted octanol–water partition coefficient (Wildman–Crippen LogP) is 7.29. The Morgan fingerprint density at radius 3 is 2.41 bits per heavy atom. The van der Waals surface area contributed by atoms with Crippen molar-refractivity contribution in [3.05, 3.63) is 65.3 Å². The average molecular weight is 561 g/mol. The van der Waals surface area contributed by atoms with E-state index in [1.165, 1.54) is 6.07 Å². The number of halogens is 2. The molecule has 1 unspecified atom stereocenters. The fourth-order valence-electron chi connectivity index (χ4n) is 7.72. The van der Waals surface area contributed by atoms with Crippen LogP contribution in [0.4, 0.5) is 14.5 Å². The van der Waals surface area contributed by atoms with Gasteiger partial charge in [0.1, 0.15) is 11.6 Å². The number of benzene rings is 2. The zero-order chi connectivity index (χ0) is 28.5. The second-order valence-electron chi connectivity index (χ2n) is 12.1. The first kappa shape index (κ1) is 26.3. The number of hydrogen-bond donors (Lipinski definition) is 0. The Bertz CT molecular complexity index is 1630. The van der Waals surface area contributed by atoms with Crippen molar-refractivity contribution >= 4 is 22.6 Å². The highest BCUT2D eigenvalue weighted by Crippen LogP contribution is 2.54. The summed E-state index contributed by atoms with van der Waals surface area (Å²) in [5.41, 5.74) is 4.75. The minimum atomic E-state index is -0.966. The molecular weight excluding hydrogens is 526 g/mol. The van der Waals surface area contributed by atoms with Crippen molar-refractivity contribution in [2.45, 2.75) is 88.8 Å². The van der Waals surface area contributed by atoms with Crippen molar-refractivity contribution in [1.29, 1.82) is 0 Å². The van der Waals surface area contributed by atoms with E-state index in [0.29, 0.717) is 24.9 Å². The van der Waals surface area contributed by atoms with E-state index in [-0.39, 0.29) is 17.0 Å². The van der Waals surface area contributed by atoms with Crippen LogP contribution in [-0.2, 0) is 15.1 Å². The maximum atomic E-state index is 14.4. The summed E-state index contributed by atoms with van der Waals surface area (Å²) in [7, 11) is 1.82. The molecule has 4 aromatic rings. The van der Waals surface area contributed by atoms with Gasteiger partial charge in [0.2, 0.25) is 5.91 Å². The molecule has 0 spiro atoms. The van der Waals surface area contributed by atoms with E-state index in [9.17, 15) is 13.6 Å². The van der Waals surface area contributed by atoms with E-state index in [2.05, 4.69) is 27.9 Å². The molecule has 0 N–H and O–H groups in total. The number of amides is 1. The molecule has 1 atom stereocenters. The molecule has 1 saturated heterocycles. The maximum absolute atomic E-state index is 14.4. The van der Waals surface area contributed by atoms with Gasteiger partial charge >= 0.3 is 0 Å². The minimum absolute atomic E-state index is 0.0622. The van der Waals surface area contributed by atoms with E-state index in [1.807, 2.05) is 21.0 Å². The summed E-state index contributed by atoms with van der Waals surface area (Å²) in [4.78, 5) is 20.3. The van der Waals surface area contributed by atoms with E-state index in [4.69, 9.17) is 14.2 Å². The molecule has 2 bridgehead atoms. The molecule has 8 rings (SSSR count). The van der Waals surface area contributed by atoms with E-state index in [1.54, 1.807) is 4.90 Å². The van der Waals surface area contributed by atoms with Crippen LogP contribution in [0, 0.1) is 25.5 Å². The largest absolute Gasteiger partial charge is 0.378 e. The van der Waals surface area contributed by atoms with Crippen LogP contribution in [0.2, 0.25) is 0 Å². The van der Waals surface area contributed by atoms with Gasteiger partial charge in [-0.15, -0.1) is 0 Å². The number of anilines is 1. The SMILES string of the molecule is COC12CCC(n3c(C4CCCC(=O)N4c4ccc(F)c(F)c4)nc4cc(-c5c(C)noc5C)ccc43)(CC1)CC2. The number of rotatable bonds is 5. The number of ether oxygens (including phenoxy) is 1. The summed E-state index contributed by atoms with van der Waals surface area (Å²) in [6.07, 6.45) is 7.51. The Hall–Kier alpha value is -3.59. The molecule has 2 aromatic carbocycles. The number of methoxy groups -OCH3 is 1. The zero-order valence-corrected chi connectivity index (χ0v) is 23.7. The molecule has 41 heavy (non-hydrogen) atoms. The molecule has 3 saturated carbocycles. The number of aromatic nitrogens is 3. The van der Waals surface area contributed by atoms with Gasteiger partial charge in [-0.05, 0) is 95.0 Å². The molecule has 214 valence electrons. The van der Waals surface area contributed by atoms with Gasteiger partial charge in [0, 0.05) is 36.4 Å². The van der Waals surface area contributed by atoms with Crippen molar-refractivity contribution in [3.8, 4) is 11.1 Å². The predicted molar refractivity (Wildman–Crippen MR) is 151 cm³/mol. The summed E-state index contributed by atoms with van der Waals surface area (Å²) in [5.74, 6) is -0.450. The first-order chi connectivity index (χ1) is 19.7. The molecule has 2 aromatic heterocycles. The summed E-state index contributed by atoms with van der Waals surface area (Å²) in [6.45, 7) is 3.83. The van der Waals surface area contributed by atoms with Crippen LogP contribution < -0.4 is 4.90 Å². The van der Waals surface area contributed by atoms with Crippen LogP contribution >= 0.6 is 0 Å². The number of nitrogens with zero attached hydrogens (tertiary/aromatic N) is 4. The van der Waals surface area contributed by atoms with Crippen molar-refractivity contribution < 1.29 is 22.8 Å². The van der Waals surface area contributed by atoms with Gasteiger partial charge in [-0.25, -0.2) is 13.8 Å². The van der Waals surface area contributed by atoms with E-state index in [0.717, 1.165) is 90.1 Å². The van der Waals surface area contributed by atoms with Crippen molar-refractivity contribution in [1.82, 2.24) is 14.7 Å². The fourth-order valence-corrected chi connectivity index (χ4v) is 7.72. The zero-order valence-electron chi connectivity index (χ0n) is 23.7. The smallest absolute Gasteiger partial charge is 0.227 e. The summed E-state index contributed by atoms with van der Waals surface area (Å²) < 4.78 is 42.1. The molecule has 7 nitrogen and oxygen atoms in total. The molecule has 4 fully saturated rings. The molecule has 3 heterocycles. The molecule has 1 amide bonds. The van der Waals surface area contributed by atoms with Gasteiger partial charge in [-0.1, -0.05) is 11.2 Å². The first-order valence-electron chi connectivity index (χ1n) is 14.5. The van der Waals surface area contributed by atoms with Crippen LogP contribution in [-0.4, -0.2) is 33.3 Å². The monoisotopic (exact) mass is 560 g/mol. The topological polar surface area (TPSA) is 73.4 Å². The number of fused-ring (bicyclic) bond motifs is 4. The van der Waals surface area contributed by atoms with E-state index < -0.39 is 17.7 Å². The Balaban J connectivity index is 1.42. The van der Waals surface area contributed by atoms with Crippen LogP contribution in [0.3, 0.4) is 0 Å². The van der Waals surface area contributed by atoms with E-state index >= 15 is 0 Å². The van der Waals surface area contributed by atoms with Gasteiger partial charge in [0.15, 0.2) is 11.6 Å². The quantitative estimate of drug-likeness (QED) is 0.256. The Labute approximate surface area is 237 Å². The summed E-state index contributed by atoms with van der Waals surface area (Å²) >= 11 is 0. The van der Waals surface area contributed by atoms with Crippen LogP contribution in [0.5, 0.6) is 0 Å². The van der Waals surface area contributed by atoms with Crippen LogP contribution in [0.25, 0.3) is 22.2 Å². The van der Waals surface area contributed by atoms with Crippen molar-refractivity contribution in [2.75, 3.05) is 12.0 Å². The van der Waals surface area contributed by atoms with Gasteiger partial charge < -0.3 is 18.7 Å². The van der Waals surface area contributed by atoms with Gasteiger partial charge in [-0.3, -0.25) is 4.79 Å². The number of hydrogen-bond acceptors (Lipinski definition) is 5. The maximum Gasteiger partial charge on any atom is 0.227 e. The Morgan fingerprint density at radius 2 is 1.76 bits per heavy atom. The highest BCUT2D eigenvalue weighted by Gasteiger charge is 2.52. The number of aryl methyl sites for hydroxylation is 2. The third-order valence-electron chi connectivity index (χ3n) is 9.98. The second-order valence-corrected chi connectivity index (χ2v) is 12.1. The van der Waals surface area contributed by atoms with Crippen molar-refractivity contribution in [2.24, 2.45) is 0 Å². The van der Waals surface area contributed by atoms with Gasteiger partial charge in [0.25, 0.3) is 0 Å². The normalized spacial score (nSPS) is 26.3. The number of carbonyl (C=O) groups excluding carboxylic acids is 1. The number of piperidine rings is 1. The number of imidazole rings is 1. The lowest BCUT2D eigenvalue weighted by molar-refractivity contribution is -0.120. The number of carbonyl (C=O) groups is 1. The lowest BCUT2D eigenvalue weighted by Crippen LogP contribution is -2.53. The second kappa shape index (κ2) is 9.48. The first-order valence-corrected chi connectivity index (χ1v) is 14.5.